The summed E-state index contributed by atoms with van der Waals surface area (Å²) in [6.45, 7) is -0.0204. The van der Waals surface area contributed by atoms with Crippen LogP contribution in [0.1, 0.15) is 102 Å². The number of nitrogens with one attached hydrogen (secondary N) is 3. The van der Waals surface area contributed by atoms with E-state index >= 15 is 0 Å². The van der Waals surface area contributed by atoms with Crippen molar-refractivity contribution in [2.45, 2.75) is 138 Å². The maximum atomic E-state index is 14.9. The van der Waals surface area contributed by atoms with Gasteiger partial charge in [0.05, 0.1) is 22.9 Å². The van der Waals surface area contributed by atoms with Crippen LogP contribution in [0.25, 0.3) is 10.9 Å². The Balaban J connectivity index is 1.06. The molecule has 5 aliphatic carbocycles. The zero-order chi connectivity index (χ0) is 39.5. The number of aromatic nitrogens is 1. The van der Waals surface area contributed by atoms with Gasteiger partial charge in [0.2, 0.25) is 27.7 Å². The summed E-state index contributed by atoms with van der Waals surface area (Å²) in [7, 11) is -3.87. The number of fused-ring (bicyclic) bond motifs is 5. The van der Waals surface area contributed by atoms with Gasteiger partial charge < -0.3 is 30.1 Å². The molecule has 3 heterocycles. The van der Waals surface area contributed by atoms with E-state index < -0.39 is 62.8 Å². The second-order valence-corrected chi connectivity index (χ2v) is 19.5. The standard InChI is InChI=1S/C42H53N5O9S/c48-36-29-13-6-7-15-32(29)43-38-30(36)14-3-1-2-9-25-12-8-16-34(25)56-41(52)44-35(26-10-4-5-11-26)39(50)47-23-27(55-38)21-33(47)37(49)45-42(22-31(42)24-17-18-24)40(51)46-57(53,54)28-19-20-28/h1,3,6-7,13,15,24-28,31,33-35H,2,4-5,8-12,14,16-23H2,(H,43,48)(H,44,52)(H,45,49)(H,46,51)/b3-1+/t25-,27-,31+,33+,34-,35+,42-/m1/s1. The Hall–Kier alpha value is -4.40. The summed E-state index contributed by atoms with van der Waals surface area (Å²) in [6, 6.07) is 5.19. The number of carbonyl (C=O) groups is 4. The van der Waals surface area contributed by atoms with E-state index in [1.807, 2.05) is 18.2 Å². The second kappa shape index (κ2) is 15.1. The Bertz CT molecular complexity index is 2080. The van der Waals surface area contributed by atoms with E-state index in [2.05, 4.69) is 21.4 Å². The number of pyridine rings is 1. The summed E-state index contributed by atoms with van der Waals surface area (Å²) in [6.07, 6.45) is 13.3. The third-order valence-electron chi connectivity index (χ3n) is 13.7. The lowest BCUT2D eigenvalue weighted by Crippen LogP contribution is -2.59. The summed E-state index contributed by atoms with van der Waals surface area (Å²) in [5.41, 5.74) is -0.381. The number of amides is 4. The number of aromatic hydroxyl groups is 1. The van der Waals surface area contributed by atoms with Gasteiger partial charge in [0.1, 0.15) is 35.6 Å². The van der Waals surface area contributed by atoms with Gasteiger partial charge in [0.25, 0.3) is 5.91 Å². The minimum atomic E-state index is -3.87. The van der Waals surface area contributed by atoms with Crippen LogP contribution < -0.4 is 20.1 Å². The van der Waals surface area contributed by atoms with Crippen molar-refractivity contribution in [2.24, 2.45) is 23.7 Å². The molecular weight excluding hydrogens is 751 g/mol. The molecule has 2 aromatic rings. The smallest absolute Gasteiger partial charge is 0.408 e. The predicted octanol–water partition coefficient (Wildman–Crippen LogP) is 4.53. The average molecular weight is 804 g/mol. The number of carbonyl (C=O) groups excluding carboxylic acids is 4. The highest BCUT2D eigenvalue weighted by molar-refractivity contribution is 7.91. The summed E-state index contributed by atoms with van der Waals surface area (Å²) < 4.78 is 40.7. The number of benzene rings is 1. The number of ether oxygens (including phenoxy) is 2. The van der Waals surface area contributed by atoms with Gasteiger partial charge in [0, 0.05) is 11.8 Å². The zero-order valence-electron chi connectivity index (χ0n) is 32.2. The Morgan fingerprint density at radius 2 is 1.68 bits per heavy atom. The molecule has 0 unspecified atom stereocenters. The van der Waals surface area contributed by atoms with Crippen LogP contribution in [0.3, 0.4) is 0 Å². The van der Waals surface area contributed by atoms with Crippen LogP contribution in [0.15, 0.2) is 36.4 Å². The number of hydrogen-bond acceptors (Lipinski definition) is 10. The average Bonchev–Trinajstić information content (AvgIpc) is 4.15. The molecule has 4 amide bonds. The largest absolute Gasteiger partial charge is 0.507 e. The van der Waals surface area contributed by atoms with E-state index in [0.717, 1.165) is 70.6 Å². The first-order valence-electron chi connectivity index (χ1n) is 21.1. The fourth-order valence-electron chi connectivity index (χ4n) is 10.1. The molecule has 1 aromatic carbocycles. The minimum Gasteiger partial charge on any atom is -0.507 e. The molecule has 4 N–H and O–H groups in total. The molecule has 7 aliphatic rings. The van der Waals surface area contributed by atoms with Crippen molar-refractivity contribution >= 4 is 44.7 Å². The molecule has 1 saturated heterocycles. The van der Waals surface area contributed by atoms with Crippen LogP contribution in [0.2, 0.25) is 0 Å². The van der Waals surface area contributed by atoms with Crippen molar-refractivity contribution in [3.8, 4) is 11.6 Å². The third kappa shape index (κ3) is 7.68. The number of nitrogens with zero attached hydrogens (tertiary/aromatic N) is 2. The molecule has 9 rings (SSSR count). The molecule has 57 heavy (non-hydrogen) atoms. The van der Waals surface area contributed by atoms with Crippen molar-refractivity contribution in [3.63, 3.8) is 0 Å². The third-order valence-corrected chi connectivity index (χ3v) is 15.5. The number of hydrogen-bond donors (Lipinski definition) is 4. The molecule has 15 heteroatoms. The van der Waals surface area contributed by atoms with Crippen LogP contribution in [0, 0.1) is 23.7 Å². The van der Waals surface area contributed by atoms with E-state index in [0.29, 0.717) is 42.1 Å². The fourth-order valence-corrected chi connectivity index (χ4v) is 11.5. The molecule has 5 saturated carbocycles. The highest BCUT2D eigenvalue weighted by Gasteiger charge is 2.67. The zero-order valence-corrected chi connectivity index (χ0v) is 33.0. The molecule has 0 spiro atoms. The van der Waals surface area contributed by atoms with Gasteiger partial charge in [0.15, 0.2) is 0 Å². The van der Waals surface area contributed by atoms with Gasteiger partial charge in [-0.05, 0) is 119 Å². The first-order chi connectivity index (χ1) is 27.5. The van der Waals surface area contributed by atoms with Crippen LogP contribution in [-0.2, 0) is 35.6 Å². The van der Waals surface area contributed by atoms with Gasteiger partial charge in [-0.3, -0.25) is 19.1 Å². The van der Waals surface area contributed by atoms with E-state index in [1.165, 1.54) is 4.90 Å². The number of allylic oxidation sites excluding steroid dienone is 2. The molecule has 7 atom stereocenters. The van der Waals surface area contributed by atoms with E-state index in [-0.39, 0.29) is 54.4 Å². The van der Waals surface area contributed by atoms with Gasteiger partial charge in [-0.15, -0.1) is 0 Å². The Morgan fingerprint density at radius 3 is 2.46 bits per heavy atom. The monoisotopic (exact) mass is 803 g/mol. The maximum Gasteiger partial charge on any atom is 0.408 e. The lowest BCUT2D eigenvalue weighted by Gasteiger charge is -2.32. The predicted molar refractivity (Wildman–Crippen MR) is 208 cm³/mol. The Kier molecular flexibility index (Phi) is 10.1. The highest BCUT2D eigenvalue weighted by atomic mass is 32.2. The summed E-state index contributed by atoms with van der Waals surface area (Å²) >= 11 is 0. The van der Waals surface area contributed by atoms with Gasteiger partial charge in [-0.2, -0.15) is 0 Å². The van der Waals surface area contributed by atoms with Crippen LogP contribution >= 0.6 is 0 Å². The maximum absolute atomic E-state index is 14.9. The highest BCUT2D eigenvalue weighted by Crippen LogP contribution is 2.57. The number of rotatable bonds is 7. The van der Waals surface area contributed by atoms with Crippen molar-refractivity contribution in [2.75, 3.05) is 6.54 Å². The second-order valence-electron chi connectivity index (χ2n) is 17.6. The van der Waals surface area contributed by atoms with Gasteiger partial charge >= 0.3 is 6.09 Å². The Labute approximate surface area is 332 Å². The molecule has 2 aliphatic heterocycles. The van der Waals surface area contributed by atoms with Crippen molar-refractivity contribution in [1.29, 1.82) is 0 Å². The Morgan fingerprint density at radius 1 is 0.912 bits per heavy atom. The summed E-state index contributed by atoms with van der Waals surface area (Å²) in [4.78, 5) is 63.3. The topological polar surface area (TPSA) is 193 Å². The number of alkyl carbamates (subject to hydrolysis) is 1. The van der Waals surface area contributed by atoms with Crippen LogP contribution in [-0.4, -0.2) is 88.8 Å². The fraction of sp³-hybridized carbons (Fsp3) is 0.643. The SMILES string of the molecule is O=C1N[C@@H](C2CCCC2)C(=O)N2C[C@@H](C[C@H]2C(=O)N[C@]2(C(=O)NS(=O)(=O)C3CC3)C[C@H]2C2CC2)Oc2nc3ccccc3c(O)c2C/C=C/CC[C@@H]2CCC[C@H]2O1. The first kappa shape index (κ1) is 38.1. The van der Waals surface area contributed by atoms with Crippen molar-refractivity contribution in [3.05, 3.63) is 42.0 Å². The molecule has 306 valence electrons. The molecule has 0 radical (unpaired) electrons. The van der Waals surface area contributed by atoms with E-state index in [1.54, 1.807) is 12.1 Å². The van der Waals surface area contributed by atoms with Crippen LogP contribution in [0.5, 0.6) is 11.6 Å². The quantitative estimate of drug-likeness (QED) is 0.289. The van der Waals surface area contributed by atoms with Crippen molar-refractivity contribution in [1.82, 2.24) is 25.2 Å². The van der Waals surface area contributed by atoms with Crippen LogP contribution in [0.4, 0.5) is 4.79 Å². The molecule has 2 bridgehead atoms. The first-order valence-corrected chi connectivity index (χ1v) is 22.6. The molecule has 14 nitrogen and oxygen atoms in total. The number of para-hydroxylation sites is 1. The normalized spacial score (nSPS) is 32.9. The number of sulfonamides is 1. The summed E-state index contributed by atoms with van der Waals surface area (Å²) in [5.74, 6) is -1.48. The lowest BCUT2D eigenvalue weighted by atomic mass is 9.96. The molecular formula is C42H53N5O9S. The molecule has 6 fully saturated rings. The van der Waals surface area contributed by atoms with Gasteiger partial charge in [-0.1, -0.05) is 37.1 Å². The minimum absolute atomic E-state index is 0.0204. The summed E-state index contributed by atoms with van der Waals surface area (Å²) in [5, 5.41) is 17.5. The lowest BCUT2D eigenvalue weighted by molar-refractivity contribution is -0.142. The van der Waals surface area contributed by atoms with Crippen molar-refractivity contribution < 1.29 is 42.2 Å². The van der Waals surface area contributed by atoms with E-state index in [4.69, 9.17) is 14.5 Å². The van der Waals surface area contributed by atoms with Gasteiger partial charge in [-0.25, -0.2) is 18.2 Å². The molecule has 1 aromatic heterocycles. The van der Waals surface area contributed by atoms with E-state index in [9.17, 15) is 32.7 Å².